The topological polar surface area (TPSA) is 78.9 Å². The molecule has 6 nitrogen and oxygen atoms in total. The maximum Gasteiger partial charge on any atom is 0.306 e. The van der Waals surface area contributed by atoms with Gasteiger partial charge in [-0.15, -0.1) is 0 Å². The highest BCUT2D eigenvalue weighted by Gasteiger charge is 2.19. The lowest BCUT2D eigenvalue weighted by molar-refractivity contribution is -0.167. The lowest BCUT2D eigenvalue weighted by Crippen LogP contribution is -2.30. The van der Waals surface area contributed by atoms with E-state index in [0.29, 0.717) is 19.3 Å². The Kier molecular flexibility index (Phi) is 50.4. The summed E-state index contributed by atoms with van der Waals surface area (Å²) < 4.78 is 16.8. The van der Waals surface area contributed by atoms with Gasteiger partial charge in [0.25, 0.3) is 0 Å². The van der Waals surface area contributed by atoms with Gasteiger partial charge in [0, 0.05) is 19.3 Å². The third-order valence-corrected chi connectivity index (χ3v) is 11.4. The van der Waals surface area contributed by atoms with Crippen molar-refractivity contribution in [2.75, 3.05) is 13.2 Å². The zero-order valence-electron chi connectivity index (χ0n) is 42.5. The predicted octanol–water partition coefficient (Wildman–Crippen LogP) is 18.0. The molecule has 0 N–H and O–H groups in total. The van der Waals surface area contributed by atoms with Crippen LogP contribution in [-0.2, 0) is 28.6 Å². The lowest BCUT2D eigenvalue weighted by atomic mass is 10.1. The van der Waals surface area contributed by atoms with E-state index in [-0.39, 0.29) is 31.1 Å². The van der Waals surface area contributed by atoms with Crippen molar-refractivity contribution in [3.63, 3.8) is 0 Å². The van der Waals surface area contributed by atoms with Crippen molar-refractivity contribution < 1.29 is 28.6 Å². The van der Waals surface area contributed by atoms with Crippen molar-refractivity contribution in [3.8, 4) is 0 Å². The van der Waals surface area contributed by atoms with Gasteiger partial charge in [0.2, 0.25) is 0 Å². The Balaban J connectivity index is 4.43. The van der Waals surface area contributed by atoms with Crippen LogP contribution in [0.5, 0.6) is 0 Å². The van der Waals surface area contributed by atoms with E-state index >= 15 is 0 Å². The summed E-state index contributed by atoms with van der Waals surface area (Å²) in [5.74, 6) is -0.935. The average molecular weight is 905 g/mol. The van der Waals surface area contributed by atoms with E-state index in [4.69, 9.17) is 14.2 Å². The van der Waals surface area contributed by atoms with Crippen molar-refractivity contribution >= 4 is 17.9 Å². The van der Waals surface area contributed by atoms with Crippen LogP contribution in [0.2, 0.25) is 0 Å². The number of esters is 3. The number of ether oxygens (including phenoxy) is 3. The molecule has 0 aromatic carbocycles. The van der Waals surface area contributed by atoms with Crippen LogP contribution < -0.4 is 0 Å². The Hall–Kier alpha value is -3.41. The Morgan fingerprint density at radius 3 is 0.969 bits per heavy atom. The van der Waals surface area contributed by atoms with Crippen LogP contribution in [0.25, 0.3) is 0 Å². The molecule has 1 unspecified atom stereocenters. The second-order valence-corrected chi connectivity index (χ2v) is 17.7. The third-order valence-electron chi connectivity index (χ3n) is 11.4. The Morgan fingerprint density at radius 2 is 0.600 bits per heavy atom. The fourth-order valence-electron chi connectivity index (χ4n) is 7.35. The smallest absolute Gasteiger partial charge is 0.306 e. The molecule has 0 saturated carbocycles. The molecule has 0 radical (unpaired) electrons. The summed E-state index contributed by atoms with van der Waals surface area (Å²) in [6.45, 7) is 6.38. The first kappa shape index (κ1) is 61.6. The average Bonchev–Trinajstić information content (AvgIpc) is 3.30. The monoisotopic (exact) mass is 905 g/mol. The van der Waals surface area contributed by atoms with Crippen molar-refractivity contribution in [3.05, 3.63) is 85.1 Å². The normalized spacial score (nSPS) is 12.7. The van der Waals surface area contributed by atoms with Gasteiger partial charge in [0.05, 0.1) is 0 Å². The second-order valence-electron chi connectivity index (χ2n) is 17.7. The van der Waals surface area contributed by atoms with Gasteiger partial charge in [-0.05, 0) is 109 Å². The van der Waals surface area contributed by atoms with Gasteiger partial charge in [0.15, 0.2) is 6.10 Å². The Bertz CT molecular complexity index is 1270. The summed E-state index contributed by atoms with van der Waals surface area (Å²) in [6.07, 6.45) is 68.5. The lowest BCUT2D eigenvalue weighted by Gasteiger charge is -2.18. The van der Waals surface area contributed by atoms with Crippen LogP contribution in [0.1, 0.15) is 252 Å². The molecule has 0 aromatic rings. The van der Waals surface area contributed by atoms with Crippen LogP contribution in [0.15, 0.2) is 85.1 Å². The molecular formula is C59H100O6. The fourth-order valence-corrected chi connectivity index (χ4v) is 7.35. The highest BCUT2D eigenvalue weighted by Crippen LogP contribution is 2.14. The summed E-state index contributed by atoms with van der Waals surface area (Å²) in [4.78, 5) is 38.1. The second kappa shape index (κ2) is 53.2. The van der Waals surface area contributed by atoms with E-state index in [0.717, 1.165) is 109 Å². The van der Waals surface area contributed by atoms with Gasteiger partial charge in [-0.1, -0.05) is 209 Å². The van der Waals surface area contributed by atoms with Gasteiger partial charge < -0.3 is 14.2 Å². The molecule has 0 heterocycles. The van der Waals surface area contributed by atoms with E-state index < -0.39 is 6.10 Å². The van der Waals surface area contributed by atoms with Crippen LogP contribution in [0, 0.1) is 0 Å². The van der Waals surface area contributed by atoms with E-state index in [2.05, 4.69) is 106 Å². The summed E-state index contributed by atoms with van der Waals surface area (Å²) in [5.41, 5.74) is 0. The molecule has 0 rings (SSSR count). The molecule has 65 heavy (non-hydrogen) atoms. The van der Waals surface area contributed by atoms with Gasteiger partial charge >= 0.3 is 17.9 Å². The van der Waals surface area contributed by atoms with Gasteiger partial charge in [0.1, 0.15) is 13.2 Å². The first-order chi connectivity index (χ1) is 32.0. The molecule has 1 atom stereocenters. The van der Waals surface area contributed by atoms with Crippen molar-refractivity contribution in [1.29, 1.82) is 0 Å². The van der Waals surface area contributed by atoms with Crippen LogP contribution in [0.3, 0.4) is 0 Å². The molecular weight excluding hydrogens is 805 g/mol. The van der Waals surface area contributed by atoms with Crippen LogP contribution in [-0.4, -0.2) is 37.2 Å². The molecule has 372 valence electrons. The number of hydrogen-bond acceptors (Lipinski definition) is 6. The standard InChI is InChI=1S/C59H100O6/c1-4-7-10-13-16-19-22-25-27-29-31-34-37-40-43-46-49-52-58(61)64-55-56(54-63-57(60)51-48-45-42-39-36-33-24-21-18-15-12-9-6-3)65-59(62)53-50-47-44-41-38-35-32-30-28-26-23-20-17-14-11-8-5-2/h7,9-10,12,16,18-19,21,25-28,33,36,56H,4-6,8,11,13-15,17,20,22-24,29-32,34-35,37-55H2,1-3H3/b10-7-,12-9-,19-16-,21-18-,27-25-,28-26-,36-33-. The van der Waals surface area contributed by atoms with E-state index in [1.165, 1.54) is 103 Å². The molecule has 0 aliphatic carbocycles. The minimum atomic E-state index is -0.795. The maximum absolute atomic E-state index is 12.8. The summed E-state index contributed by atoms with van der Waals surface area (Å²) >= 11 is 0. The van der Waals surface area contributed by atoms with Crippen molar-refractivity contribution in [2.24, 2.45) is 0 Å². The zero-order valence-corrected chi connectivity index (χ0v) is 42.5. The number of hydrogen-bond donors (Lipinski definition) is 0. The summed E-state index contributed by atoms with van der Waals surface area (Å²) in [6, 6.07) is 0. The van der Waals surface area contributed by atoms with Crippen molar-refractivity contribution in [1.82, 2.24) is 0 Å². The SMILES string of the molecule is CC/C=C\C/C=C\C/C=C\CCCCCCCCCC(=O)OCC(COC(=O)CCCCC/C=C\C/C=C\C/C=C\CC)OC(=O)CCCCCCCCC/C=C\CCCCCCCC. The highest BCUT2D eigenvalue weighted by molar-refractivity contribution is 5.71. The molecule has 0 bridgehead atoms. The zero-order chi connectivity index (χ0) is 47.2. The number of unbranched alkanes of at least 4 members (excludes halogenated alkanes) is 23. The molecule has 0 spiro atoms. The largest absolute Gasteiger partial charge is 0.462 e. The maximum atomic E-state index is 12.8. The first-order valence-corrected chi connectivity index (χ1v) is 27.1. The van der Waals surface area contributed by atoms with E-state index in [9.17, 15) is 14.4 Å². The quantitative estimate of drug-likeness (QED) is 0.0262. The Morgan fingerprint density at radius 1 is 0.323 bits per heavy atom. The number of carbonyl (C=O) groups is 3. The molecule has 0 aliphatic heterocycles. The van der Waals surface area contributed by atoms with Crippen molar-refractivity contribution in [2.45, 2.75) is 258 Å². The molecule has 6 heteroatoms. The van der Waals surface area contributed by atoms with E-state index in [1.807, 2.05) is 0 Å². The van der Waals surface area contributed by atoms with Gasteiger partial charge in [-0.2, -0.15) is 0 Å². The molecule has 0 aromatic heterocycles. The first-order valence-electron chi connectivity index (χ1n) is 27.1. The molecule has 0 amide bonds. The minimum Gasteiger partial charge on any atom is -0.462 e. The predicted molar refractivity (Wildman–Crippen MR) is 279 cm³/mol. The highest BCUT2D eigenvalue weighted by atomic mass is 16.6. The van der Waals surface area contributed by atoms with Crippen LogP contribution in [0.4, 0.5) is 0 Å². The number of carbonyl (C=O) groups excluding carboxylic acids is 3. The molecule has 0 saturated heterocycles. The van der Waals surface area contributed by atoms with Gasteiger partial charge in [-0.3, -0.25) is 14.4 Å². The van der Waals surface area contributed by atoms with Gasteiger partial charge in [-0.25, -0.2) is 0 Å². The summed E-state index contributed by atoms with van der Waals surface area (Å²) in [5, 5.41) is 0. The molecule has 0 fully saturated rings. The fraction of sp³-hybridized carbons (Fsp3) is 0.712. The third kappa shape index (κ3) is 51.4. The Labute approximate surface area is 401 Å². The summed E-state index contributed by atoms with van der Waals surface area (Å²) in [7, 11) is 0. The number of rotatable bonds is 48. The number of allylic oxidation sites excluding steroid dienone is 14. The van der Waals surface area contributed by atoms with Crippen LogP contribution >= 0.6 is 0 Å². The van der Waals surface area contributed by atoms with E-state index in [1.54, 1.807) is 0 Å². The minimum absolute atomic E-state index is 0.0932. The molecule has 0 aliphatic rings.